The molecule has 0 aliphatic carbocycles. The maximum absolute atomic E-state index is 12.5. The number of methoxy groups -OCH3 is 1. The number of piperazine rings is 1. The van der Waals surface area contributed by atoms with Gasteiger partial charge in [-0.25, -0.2) is 4.79 Å². The maximum Gasteiger partial charge on any atom is 0.322 e. The Bertz CT molecular complexity index is 829. The summed E-state index contributed by atoms with van der Waals surface area (Å²) < 4.78 is 10.2. The number of ether oxygens (including phenoxy) is 1. The third-order valence-corrected chi connectivity index (χ3v) is 4.36. The van der Waals surface area contributed by atoms with Crippen LogP contribution in [-0.2, 0) is 6.54 Å². The highest BCUT2D eigenvalue weighted by atomic mass is 16.6. The van der Waals surface area contributed by atoms with Gasteiger partial charge in [0.05, 0.1) is 30.3 Å². The standard InChI is InChI=1S/C17H21N5O5/c1-12-9-14(27-19-12)11-20-5-7-21(8-6-20)17(23)18-15-4-3-13(26-2)10-16(15)22(24)25/h3-4,9-10H,5-8,11H2,1-2H3,(H,18,23). The van der Waals surface area contributed by atoms with Gasteiger partial charge in [-0.2, -0.15) is 0 Å². The highest BCUT2D eigenvalue weighted by molar-refractivity contribution is 5.92. The van der Waals surface area contributed by atoms with Crippen LogP contribution < -0.4 is 10.1 Å². The second-order valence-corrected chi connectivity index (χ2v) is 6.27. The molecule has 27 heavy (non-hydrogen) atoms. The minimum atomic E-state index is -0.546. The van der Waals surface area contributed by atoms with Gasteiger partial charge in [0, 0.05) is 32.2 Å². The molecule has 1 aliphatic heterocycles. The molecule has 0 spiro atoms. The van der Waals surface area contributed by atoms with Gasteiger partial charge < -0.3 is 19.5 Å². The number of carbonyl (C=O) groups excluding carboxylic acids is 1. The molecule has 1 aliphatic rings. The van der Waals surface area contributed by atoms with Crippen molar-refractivity contribution in [2.24, 2.45) is 0 Å². The minimum Gasteiger partial charge on any atom is -0.496 e. The van der Waals surface area contributed by atoms with E-state index in [9.17, 15) is 14.9 Å². The molecule has 10 nitrogen and oxygen atoms in total. The first-order valence-electron chi connectivity index (χ1n) is 8.49. The van der Waals surface area contributed by atoms with E-state index in [1.54, 1.807) is 11.0 Å². The van der Waals surface area contributed by atoms with Crippen molar-refractivity contribution in [2.75, 3.05) is 38.6 Å². The number of amides is 2. The number of hydrogen-bond acceptors (Lipinski definition) is 7. The van der Waals surface area contributed by atoms with Gasteiger partial charge in [0.1, 0.15) is 11.4 Å². The number of aromatic nitrogens is 1. The molecule has 1 N–H and O–H groups in total. The topological polar surface area (TPSA) is 114 Å². The zero-order valence-corrected chi connectivity index (χ0v) is 15.2. The zero-order valence-electron chi connectivity index (χ0n) is 15.2. The van der Waals surface area contributed by atoms with Crippen LogP contribution in [0.3, 0.4) is 0 Å². The van der Waals surface area contributed by atoms with Crippen LogP contribution in [0.2, 0.25) is 0 Å². The van der Waals surface area contributed by atoms with Crippen LogP contribution >= 0.6 is 0 Å². The number of rotatable bonds is 5. The van der Waals surface area contributed by atoms with E-state index >= 15 is 0 Å². The third kappa shape index (κ3) is 4.53. The van der Waals surface area contributed by atoms with Crippen LogP contribution in [0.15, 0.2) is 28.8 Å². The van der Waals surface area contributed by atoms with Crippen LogP contribution in [0.1, 0.15) is 11.5 Å². The molecule has 0 saturated carbocycles. The summed E-state index contributed by atoms with van der Waals surface area (Å²) in [5.41, 5.74) is 0.775. The van der Waals surface area contributed by atoms with Crippen molar-refractivity contribution in [3.63, 3.8) is 0 Å². The molecular formula is C17H21N5O5. The first-order chi connectivity index (χ1) is 13.0. The summed E-state index contributed by atoms with van der Waals surface area (Å²) in [4.78, 5) is 27.0. The molecule has 10 heteroatoms. The molecule has 1 aromatic carbocycles. The number of nitro benzene ring substituents is 1. The average Bonchev–Trinajstić information content (AvgIpc) is 3.07. The SMILES string of the molecule is COc1ccc(NC(=O)N2CCN(Cc3cc(C)no3)CC2)c([N+](=O)[O-])c1. The lowest BCUT2D eigenvalue weighted by Gasteiger charge is -2.34. The van der Waals surface area contributed by atoms with Crippen LogP contribution in [0, 0.1) is 17.0 Å². The van der Waals surface area contributed by atoms with E-state index in [0.717, 1.165) is 11.5 Å². The Balaban J connectivity index is 1.57. The second-order valence-electron chi connectivity index (χ2n) is 6.27. The van der Waals surface area contributed by atoms with Gasteiger partial charge in [0.15, 0.2) is 5.76 Å². The van der Waals surface area contributed by atoms with E-state index in [2.05, 4.69) is 15.4 Å². The quantitative estimate of drug-likeness (QED) is 0.630. The van der Waals surface area contributed by atoms with Crippen molar-refractivity contribution in [1.29, 1.82) is 0 Å². The lowest BCUT2D eigenvalue weighted by molar-refractivity contribution is -0.384. The lowest BCUT2D eigenvalue weighted by Crippen LogP contribution is -2.49. The maximum atomic E-state index is 12.5. The number of nitrogens with zero attached hydrogens (tertiary/aromatic N) is 4. The normalized spacial score (nSPS) is 14.8. The Morgan fingerprint density at radius 1 is 1.33 bits per heavy atom. The smallest absolute Gasteiger partial charge is 0.322 e. The summed E-state index contributed by atoms with van der Waals surface area (Å²) in [6.45, 7) is 4.90. The van der Waals surface area contributed by atoms with E-state index < -0.39 is 4.92 Å². The molecular weight excluding hydrogens is 354 g/mol. The van der Waals surface area contributed by atoms with Crippen LogP contribution in [0.5, 0.6) is 5.75 Å². The lowest BCUT2D eigenvalue weighted by atomic mass is 10.2. The predicted molar refractivity (Wildman–Crippen MR) is 96.8 cm³/mol. The molecule has 1 fully saturated rings. The number of urea groups is 1. The average molecular weight is 375 g/mol. The second kappa shape index (κ2) is 8.04. The molecule has 144 valence electrons. The largest absolute Gasteiger partial charge is 0.496 e. The summed E-state index contributed by atoms with van der Waals surface area (Å²) in [6.07, 6.45) is 0. The molecule has 1 aromatic heterocycles. The molecule has 3 rings (SSSR count). The molecule has 1 saturated heterocycles. The fourth-order valence-corrected chi connectivity index (χ4v) is 2.91. The Morgan fingerprint density at radius 3 is 2.67 bits per heavy atom. The van der Waals surface area contributed by atoms with Gasteiger partial charge in [0.25, 0.3) is 5.69 Å². The first-order valence-corrected chi connectivity index (χ1v) is 8.49. The monoisotopic (exact) mass is 375 g/mol. The molecule has 0 unspecified atom stereocenters. The Morgan fingerprint density at radius 2 is 2.07 bits per heavy atom. The number of nitrogens with one attached hydrogen (secondary N) is 1. The highest BCUT2D eigenvalue weighted by Crippen LogP contribution is 2.29. The van der Waals surface area contributed by atoms with E-state index in [1.165, 1.54) is 19.2 Å². The number of benzene rings is 1. The molecule has 0 bridgehead atoms. The Labute approximate surface area is 155 Å². The van der Waals surface area contributed by atoms with Crippen molar-refractivity contribution < 1.29 is 19.0 Å². The van der Waals surface area contributed by atoms with Gasteiger partial charge >= 0.3 is 6.03 Å². The van der Waals surface area contributed by atoms with Gasteiger partial charge in [-0.15, -0.1) is 0 Å². The Kier molecular flexibility index (Phi) is 5.55. The van der Waals surface area contributed by atoms with Crippen LogP contribution in [0.25, 0.3) is 0 Å². The van der Waals surface area contributed by atoms with Gasteiger partial charge in [-0.05, 0) is 19.1 Å². The summed E-state index contributed by atoms with van der Waals surface area (Å²) in [5, 5.41) is 17.7. The summed E-state index contributed by atoms with van der Waals surface area (Å²) in [5.74, 6) is 1.15. The summed E-state index contributed by atoms with van der Waals surface area (Å²) in [7, 11) is 1.43. The van der Waals surface area contributed by atoms with Crippen molar-refractivity contribution in [3.05, 3.63) is 45.8 Å². The van der Waals surface area contributed by atoms with E-state index in [4.69, 9.17) is 9.26 Å². The van der Waals surface area contributed by atoms with Crippen LogP contribution in [-0.4, -0.2) is 59.2 Å². The van der Waals surface area contributed by atoms with E-state index in [0.29, 0.717) is 38.5 Å². The minimum absolute atomic E-state index is 0.144. The number of anilines is 1. The van der Waals surface area contributed by atoms with Crippen molar-refractivity contribution in [1.82, 2.24) is 15.0 Å². The number of nitro groups is 1. The van der Waals surface area contributed by atoms with E-state index in [-0.39, 0.29) is 17.4 Å². The first kappa shape index (κ1) is 18.6. The zero-order chi connectivity index (χ0) is 19.4. The summed E-state index contributed by atoms with van der Waals surface area (Å²) >= 11 is 0. The number of aryl methyl sites for hydroxylation is 1. The fourth-order valence-electron chi connectivity index (χ4n) is 2.91. The molecule has 0 atom stereocenters. The van der Waals surface area contributed by atoms with Gasteiger partial charge in [-0.1, -0.05) is 5.16 Å². The van der Waals surface area contributed by atoms with Crippen molar-refractivity contribution in [2.45, 2.75) is 13.5 Å². The number of carbonyl (C=O) groups is 1. The molecule has 2 heterocycles. The highest BCUT2D eigenvalue weighted by Gasteiger charge is 2.24. The third-order valence-electron chi connectivity index (χ3n) is 4.36. The van der Waals surface area contributed by atoms with Gasteiger partial charge in [0.2, 0.25) is 0 Å². The number of hydrogen-bond donors (Lipinski definition) is 1. The van der Waals surface area contributed by atoms with Crippen LogP contribution in [0.4, 0.5) is 16.2 Å². The predicted octanol–water partition coefficient (Wildman–Crippen LogP) is 2.25. The van der Waals surface area contributed by atoms with Crippen molar-refractivity contribution >= 4 is 17.4 Å². The fraction of sp³-hybridized carbons (Fsp3) is 0.412. The summed E-state index contributed by atoms with van der Waals surface area (Å²) in [6, 6.07) is 5.85. The Hall–Kier alpha value is -3.14. The van der Waals surface area contributed by atoms with Gasteiger partial charge in [-0.3, -0.25) is 15.0 Å². The van der Waals surface area contributed by atoms with Crippen molar-refractivity contribution in [3.8, 4) is 5.75 Å². The molecule has 2 amide bonds. The molecule has 2 aromatic rings. The molecule has 0 radical (unpaired) electrons. The van der Waals surface area contributed by atoms with E-state index in [1.807, 2.05) is 13.0 Å².